The molecule has 3 rings (SSSR count). The number of nitrogens with zero attached hydrogens (tertiary/aromatic N) is 1. The van der Waals surface area contributed by atoms with Crippen molar-refractivity contribution >= 4 is 50.4 Å². The lowest BCUT2D eigenvalue weighted by atomic mass is 10.2. The van der Waals surface area contributed by atoms with Crippen LogP contribution in [-0.4, -0.2) is 4.98 Å². The van der Waals surface area contributed by atoms with E-state index in [0.29, 0.717) is 11.6 Å². The lowest BCUT2D eigenvalue weighted by Gasteiger charge is -2.08. The fourth-order valence-electron chi connectivity index (χ4n) is 1.84. The Morgan fingerprint density at radius 1 is 1.11 bits per heavy atom. The third-order valence-corrected chi connectivity index (χ3v) is 4.22. The molecule has 19 heavy (non-hydrogen) atoms. The summed E-state index contributed by atoms with van der Waals surface area (Å²) in [5, 5.41) is 4.76. The molecule has 2 nitrogen and oxygen atoms in total. The summed E-state index contributed by atoms with van der Waals surface area (Å²) in [6.45, 7) is 0.643. The van der Waals surface area contributed by atoms with Gasteiger partial charge in [0, 0.05) is 22.3 Å². The number of nitrogens with one attached hydrogen (secondary N) is 1. The topological polar surface area (TPSA) is 24.9 Å². The van der Waals surface area contributed by atoms with Crippen LogP contribution in [0.5, 0.6) is 0 Å². The Labute approximate surface area is 125 Å². The molecule has 1 N–H and O–H groups in total. The van der Waals surface area contributed by atoms with Crippen molar-refractivity contribution in [3.8, 4) is 0 Å². The van der Waals surface area contributed by atoms with E-state index in [4.69, 9.17) is 23.2 Å². The molecule has 0 radical (unpaired) electrons. The van der Waals surface area contributed by atoms with Crippen molar-refractivity contribution in [2.75, 3.05) is 5.32 Å². The highest BCUT2D eigenvalue weighted by Crippen LogP contribution is 2.24. The molecular weight excluding hydrogens is 299 g/mol. The highest BCUT2D eigenvalue weighted by Gasteiger charge is 2.03. The summed E-state index contributed by atoms with van der Waals surface area (Å²) < 4.78 is 1.17. The van der Waals surface area contributed by atoms with Gasteiger partial charge in [-0.1, -0.05) is 23.2 Å². The van der Waals surface area contributed by atoms with Crippen LogP contribution in [0.15, 0.2) is 41.9 Å². The van der Waals surface area contributed by atoms with Crippen molar-refractivity contribution < 1.29 is 0 Å². The zero-order chi connectivity index (χ0) is 13.2. The SMILES string of the molecule is Clc1ccc(Cl)c(CNc2ccc3ncsc3c2)c1. The molecule has 0 amide bonds. The molecule has 2 aromatic carbocycles. The van der Waals surface area contributed by atoms with E-state index >= 15 is 0 Å². The van der Waals surface area contributed by atoms with E-state index in [1.54, 1.807) is 17.4 Å². The van der Waals surface area contributed by atoms with Crippen LogP contribution < -0.4 is 5.32 Å². The number of thiazole rings is 1. The van der Waals surface area contributed by atoms with E-state index in [-0.39, 0.29) is 0 Å². The van der Waals surface area contributed by atoms with Crippen LogP contribution >= 0.6 is 34.5 Å². The first-order valence-electron chi connectivity index (χ1n) is 5.73. The number of rotatable bonds is 3. The van der Waals surface area contributed by atoms with Crippen LogP contribution in [-0.2, 0) is 6.54 Å². The van der Waals surface area contributed by atoms with Gasteiger partial charge in [0.2, 0.25) is 0 Å². The second kappa shape index (κ2) is 5.37. The Balaban J connectivity index is 1.79. The van der Waals surface area contributed by atoms with Gasteiger partial charge in [-0.25, -0.2) is 4.98 Å². The van der Waals surface area contributed by atoms with Crippen LogP contribution in [0.3, 0.4) is 0 Å². The van der Waals surface area contributed by atoms with E-state index < -0.39 is 0 Å². The van der Waals surface area contributed by atoms with Crippen LogP contribution in [0.2, 0.25) is 10.0 Å². The number of hydrogen-bond acceptors (Lipinski definition) is 3. The van der Waals surface area contributed by atoms with Crippen LogP contribution in [0.25, 0.3) is 10.2 Å². The standard InChI is InChI=1S/C14H10Cl2N2S/c15-10-1-3-12(16)9(5-10)7-17-11-2-4-13-14(6-11)19-8-18-13/h1-6,8,17H,7H2. The predicted molar refractivity (Wildman–Crippen MR) is 83.4 cm³/mol. The summed E-state index contributed by atoms with van der Waals surface area (Å²) >= 11 is 13.7. The quantitative estimate of drug-likeness (QED) is 0.718. The molecule has 0 unspecified atom stereocenters. The maximum atomic E-state index is 6.13. The van der Waals surface area contributed by atoms with Crippen molar-refractivity contribution in [2.45, 2.75) is 6.54 Å². The van der Waals surface area contributed by atoms with Gasteiger partial charge in [-0.05, 0) is 42.0 Å². The summed E-state index contributed by atoms with van der Waals surface area (Å²) in [4.78, 5) is 4.26. The van der Waals surface area contributed by atoms with Crippen LogP contribution in [0, 0.1) is 0 Å². The maximum Gasteiger partial charge on any atom is 0.0813 e. The molecule has 0 bridgehead atoms. The largest absolute Gasteiger partial charge is 0.381 e. The summed E-state index contributed by atoms with van der Waals surface area (Å²) in [5.41, 5.74) is 4.91. The Bertz CT molecular complexity index is 724. The number of anilines is 1. The molecule has 0 spiro atoms. The minimum Gasteiger partial charge on any atom is -0.381 e. The average molecular weight is 309 g/mol. The van der Waals surface area contributed by atoms with Gasteiger partial charge in [-0.2, -0.15) is 0 Å². The van der Waals surface area contributed by atoms with Gasteiger partial charge in [-0.15, -0.1) is 11.3 Å². The van der Waals surface area contributed by atoms with Crippen LogP contribution in [0.4, 0.5) is 5.69 Å². The van der Waals surface area contributed by atoms with Crippen molar-refractivity contribution in [1.29, 1.82) is 0 Å². The van der Waals surface area contributed by atoms with Gasteiger partial charge in [0.25, 0.3) is 0 Å². The molecule has 96 valence electrons. The van der Waals surface area contributed by atoms with Crippen molar-refractivity contribution in [3.63, 3.8) is 0 Å². The number of hydrogen-bond donors (Lipinski definition) is 1. The molecule has 3 aromatic rings. The molecule has 0 saturated carbocycles. The third kappa shape index (κ3) is 2.84. The Morgan fingerprint density at radius 3 is 2.89 bits per heavy atom. The first kappa shape index (κ1) is 12.7. The molecule has 0 saturated heterocycles. The van der Waals surface area contributed by atoms with E-state index in [1.165, 1.54) is 4.70 Å². The van der Waals surface area contributed by atoms with Gasteiger partial charge in [0.1, 0.15) is 0 Å². The lowest BCUT2D eigenvalue weighted by molar-refractivity contribution is 1.15. The molecule has 1 heterocycles. The second-order valence-corrected chi connectivity index (χ2v) is 5.85. The summed E-state index contributed by atoms with van der Waals surface area (Å²) in [5.74, 6) is 0. The summed E-state index contributed by atoms with van der Waals surface area (Å²) in [6, 6.07) is 11.6. The Morgan fingerprint density at radius 2 is 2.00 bits per heavy atom. The molecule has 0 aliphatic rings. The predicted octanol–water partition coefficient (Wildman–Crippen LogP) is 5.22. The van der Waals surface area contributed by atoms with Gasteiger partial charge in [0.15, 0.2) is 0 Å². The van der Waals surface area contributed by atoms with Crippen LogP contribution in [0.1, 0.15) is 5.56 Å². The summed E-state index contributed by atoms with van der Waals surface area (Å²) in [7, 11) is 0. The summed E-state index contributed by atoms with van der Waals surface area (Å²) in [6.07, 6.45) is 0. The lowest BCUT2D eigenvalue weighted by Crippen LogP contribution is -1.99. The molecule has 0 fully saturated rings. The first-order chi connectivity index (χ1) is 9.22. The van der Waals surface area contributed by atoms with Gasteiger partial charge in [0.05, 0.1) is 15.7 Å². The Kier molecular flexibility index (Phi) is 3.60. The Hall–Kier alpha value is -1.29. The van der Waals surface area contributed by atoms with Gasteiger partial charge >= 0.3 is 0 Å². The number of fused-ring (bicyclic) bond motifs is 1. The zero-order valence-corrected chi connectivity index (χ0v) is 12.2. The van der Waals surface area contributed by atoms with E-state index in [2.05, 4.69) is 16.4 Å². The second-order valence-electron chi connectivity index (χ2n) is 4.12. The highest BCUT2D eigenvalue weighted by molar-refractivity contribution is 7.16. The molecule has 0 aliphatic heterocycles. The zero-order valence-electron chi connectivity index (χ0n) is 9.86. The third-order valence-electron chi connectivity index (χ3n) is 2.82. The van der Waals surface area contributed by atoms with E-state index in [9.17, 15) is 0 Å². The maximum absolute atomic E-state index is 6.13. The van der Waals surface area contributed by atoms with E-state index in [0.717, 1.165) is 21.8 Å². The molecule has 1 aromatic heterocycles. The normalized spacial score (nSPS) is 10.8. The minimum absolute atomic E-state index is 0.643. The minimum atomic E-state index is 0.643. The number of benzene rings is 2. The molecule has 0 aliphatic carbocycles. The van der Waals surface area contributed by atoms with Crippen molar-refractivity contribution in [2.24, 2.45) is 0 Å². The molecule has 5 heteroatoms. The van der Waals surface area contributed by atoms with Gasteiger partial charge < -0.3 is 5.32 Å². The monoisotopic (exact) mass is 308 g/mol. The number of aromatic nitrogens is 1. The molecular formula is C14H10Cl2N2S. The fourth-order valence-corrected chi connectivity index (χ4v) is 2.94. The highest BCUT2D eigenvalue weighted by atomic mass is 35.5. The van der Waals surface area contributed by atoms with Gasteiger partial charge in [-0.3, -0.25) is 0 Å². The van der Waals surface area contributed by atoms with Crippen molar-refractivity contribution in [1.82, 2.24) is 4.98 Å². The average Bonchev–Trinajstić information content (AvgIpc) is 2.87. The fraction of sp³-hybridized carbons (Fsp3) is 0.0714. The number of halogens is 2. The van der Waals surface area contributed by atoms with E-state index in [1.807, 2.05) is 29.8 Å². The molecule has 0 atom stereocenters. The van der Waals surface area contributed by atoms with Crippen molar-refractivity contribution in [3.05, 3.63) is 57.5 Å². The first-order valence-corrected chi connectivity index (χ1v) is 7.37. The smallest absolute Gasteiger partial charge is 0.0813 e.